The summed E-state index contributed by atoms with van der Waals surface area (Å²) in [7, 11) is 1.42. The molecule has 0 aromatic rings. The van der Waals surface area contributed by atoms with Gasteiger partial charge in [0.05, 0.1) is 19.3 Å². The third-order valence-electron chi connectivity index (χ3n) is 4.12. The number of ether oxygens (including phenoxy) is 4. The average Bonchev–Trinajstić information content (AvgIpc) is 2.55. The lowest BCUT2D eigenvalue weighted by atomic mass is 9.98. The Labute approximate surface area is 132 Å². The molecule has 2 heterocycles. The predicted octanol–water partition coefficient (Wildman–Crippen LogP) is -3.71. The van der Waals surface area contributed by atoms with E-state index < -0.39 is 61.9 Å². The highest BCUT2D eigenvalue weighted by Gasteiger charge is 2.47. The van der Waals surface area contributed by atoms with Crippen LogP contribution >= 0.6 is 0 Å². The van der Waals surface area contributed by atoms with E-state index in [2.05, 4.69) is 0 Å². The van der Waals surface area contributed by atoms with Gasteiger partial charge in [0.2, 0.25) is 0 Å². The first-order chi connectivity index (χ1) is 10.9. The van der Waals surface area contributed by atoms with Gasteiger partial charge in [-0.1, -0.05) is 0 Å². The Hall–Kier alpha value is -0.400. The van der Waals surface area contributed by atoms with Gasteiger partial charge in [-0.25, -0.2) is 0 Å². The number of aliphatic hydroxyl groups is 6. The number of methoxy groups -OCH3 is 1. The van der Waals surface area contributed by atoms with Crippen molar-refractivity contribution in [3.05, 3.63) is 0 Å². The van der Waals surface area contributed by atoms with Crippen molar-refractivity contribution in [3.63, 3.8) is 0 Å². The van der Waals surface area contributed by atoms with Gasteiger partial charge in [0.1, 0.15) is 36.6 Å². The zero-order valence-corrected chi connectivity index (χ0v) is 12.6. The monoisotopic (exact) mass is 340 g/mol. The Morgan fingerprint density at radius 3 is 2.17 bits per heavy atom. The first-order valence-corrected chi connectivity index (χ1v) is 7.36. The van der Waals surface area contributed by atoms with Crippen molar-refractivity contribution in [2.45, 2.75) is 61.7 Å². The maximum atomic E-state index is 10.1. The van der Waals surface area contributed by atoms with Crippen LogP contribution in [0.5, 0.6) is 0 Å². The fraction of sp³-hybridized carbons (Fsp3) is 1.00. The molecule has 10 heteroatoms. The zero-order chi connectivity index (χ0) is 17.1. The zero-order valence-electron chi connectivity index (χ0n) is 12.6. The summed E-state index contributed by atoms with van der Waals surface area (Å²) in [4.78, 5) is 0. The highest BCUT2D eigenvalue weighted by molar-refractivity contribution is 4.91. The van der Waals surface area contributed by atoms with Crippen LogP contribution in [0.4, 0.5) is 0 Å². The summed E-state index contributed by atoms with van der Waals surface area (Å²) in [6.07, 6.45) is -10.7. The van der Waals surface area contributed by atoms with Crippen LogP contribution in [0.25, 0.3) is 0 Å². The van der Waals surface area contributed by atoms with Crippen LogP contribution in [0.15, 0.2) is 0 Å². The van der Waals surface area contributed by atoms with E-state index in [1.165, 1.54) is 7.11 Å². The smallest absolute Gasteiger partial charge is 0.184 e. The molecule has 0 saturated carbocycles. The van der Waals surface area contributed by atoms with E-state index in [1.54, 1.807) is 0 Å². The molecule has 10 nitrogen and oxygen atoms in total. The van der Waals surface area contributed by atoms with Crippen molar-refractivity contribution in [3.8, 4) is 0 Å². The summed E-state index contributed by atoms with van der Waals surface area (Å²) < 4.78 is 20.9. The number of hydrogen-bond acceptors (Lipinski definition) is 10. The largest absolute Gasteiger partial charge is 0.394 e. The van der Waals surface area contributed by atoms with Crippen LogP contribution < -0.4 is 0 Å². The molecule has 0 aromatic carbocycles. The van der Waals surface area contributed by atoms with E-state index in [1.807, 2.05) is 0 Å². The second kappa shape index (κ2) is 8.12. The molecule has 6 N–H and O–H groups in total. The van der Waals surface area contributed by atoms with Crippen molar-refractivity contribution < 1.29 is 49.6 Å². The third kappa shape index (κ3) is 3.99. The molecule has 2 fully saturated rings. The van der Waals surface area contributed by atoms with Crippen LogP contribution in [-0.4, -0.2) is 106 Å². The molecule has 2 aliphatic rings. The molecule has 0 amide bonds. The summed E-state index contributed by atoms with van der Waals surface area (Å²) >= 11 is 0. The summed E-state index contributed by atoms with van der Waals surface area (Å²) in [5.74, 6) is 0. The first-order valence-electron chi connectivity index (χ1n) is 7.36. The van der Waals surface area contributed by atoms with Gasteiger partial charge < -0.3 is 49.6 Å². The Morgan fingerprint density at radius 2 is 1.61 bits per heavy atom. The molecule has 0 radical (unpaired) electrons. The van der Waals surface area contributed by atoms with Crippen LogP contribution in [0.1, 0.15) is 6.42 Å². The van der Waals surface area contributed by atoms with E-state index in [4.69, 9.17) is 18.9 Å². The number of aliphatic hydroxyl groups excluding tert-OH is 6. The maximum Gasteiger partial charge on any atom is 0.184 e. The molecule has 0 spiro atoms. The van der Waals surface area contributed by atoms with Crippen LogP contribution in [0.3, 0.4) is 0 Å². The highest BCUT2D eigenvalue weighted by Crippen LogP contribution is 2.28. The maximum absolute atomic E-state index is 10.1. The molecular formula is C13H24O10. The normalized spacial score (nSPS) is 48.4. The lowest BCUT2D eigenvalue weighted by Gasteiger charge is -2.44. The second-order valence-corrected chi connectivity index (χ2v) is 5.63. The van der Waals surface area contributed by atoms with Crippen LogP contribution in [-0.2, 0) is 18.9 Å². The van der Waals surface area contributed by atoms with Crippen molar-refractivity contribution in [2.24, 2.45) is 0 Å². The molecule has 0 bridgehead atoms. The van der Waals surface area contributed by atoms with Gasteiger partial charge in [-0.05, 0) is 0 Å². The molecule has 0 aliphatic carbocycles. The Morgan fingerprint density at radius 1 is 0.957 bits per heavy atom. The first kappa shape index (κ1) is 18.9. The van der Waals surface area contributed by atoms with Crippen LogP contribution in [0, 0.1) is 0 Å². The molecule has 23 heavy (non-hydrogen) atoms. The summed E-state index contributed by atoms with van der Waals surface area (Å²) in [5.41, 5.74) is 0. The highest BCUT2D eigenvalue weighted by atomic mass is 16.7. The predicted molar refractivity (Wildman–Crippen MR) is 72.0 cm³/mol. The minimum atomic E-state index is -1.66. The minimum absolute atomic E-state index is 0.130. The van der Waals surface area contributed by atoms with Crippen molar-refractivity contribution in [2.75, 3.05) is 20.3 Å². The Kier molecular flexibility index (Phi) is 6.68. The fourth-order valence-corrected chi connectivity index (χ4v) is 2.77. The van der Waals surface area contributed by atoms with Crippen LogP contribution in [0.2, 0.25) is 0 Å². The lowest BCUT2D eigenvalue weighted by Crippen LogP contribution is -2.62. The van der Waals surface area contributed by atoms with Gasteiger partial charge in [-0.2, -0.15) is 0 Å². The van der Waals surface area contributed by atoms with Gasteiger partial charge in [-0.3, -0.25) is 0 Å². The lowest BCUT2D eigenvalue weighted by molar-refractivity contribution is -0.344. The van der Waals surface area contributed by atoms with Gasteiger partial charge in [0.25, 0.3) is 0 Å². The SMILES string of the molecule is COC1CC(O)C(OC2C(O)C(O)C(O)O[C@H]2CO)OC1CO. The summed E-state index contributed by atoms with van der Waals surface area (Å²) in [6, 6.07) is 0. The molecular weight excluding hydrogens is 316 g/mol. The van der Waals surface area contributed by atoms with E-state index in [0.717, 1.165) is 0 Å². The van der Waals surface area contributed by atoms with Gasteiger partial charge in [0, 0.05) is 13.5 Å². The Balaban J connectivity index is 2.06. The summed E-state index contributed by atoms with van der Waals surface area (Å²) in [5, 5.41) is 57.8. The fourth-order valence-electron chi connectivity index (χ4n) is 2.77. The molecule has 136 valence electrons. The molecule has 2 aliphatic heterocycles. The van der Waals surface area contributed by atoms with E-state index in [0.29, 0.717) is 0 Å². The number of hydrogen-bond donors (Lipinski definition) is 6. The van der Waals surface area contributed by atoms with Gasteiger partial charge in [-0.15, -0.1) is 0 Å². The van der Waals surface area contributed by atoms with Crippen molar-refractivity contribution in [1.82, 2.24) is 0 Å². The molecule has 2 rings (SSSR count). The topological polar surface area (TPSA) is 158 Å². The minimum Gasteiger partial charge on any atom is -0.394 e. The third-order valence-corrected chi connectivity index (χ3v) is 4.12. The number of rotatable bonds is 5. The standard InChI is InChI=1S/C13H24O10/c1-20-6-2-5(16)13(22-7(6)3-14)23-11-8(4-15)21-12(19)10(18)9(11)17/h5-19H,2-4H2,1H3/t5?,6?,7?,8-,9?,10?,11?,12?,13?/m0/s1. The van der Waals surface area contributed by atoms with E-state index >= 15 is 0 Å². The quantitative estimate of drug-likeness (QED) is 0.294. The molecule has 9 atom stereocenters. The van der Waals surface area contributed by atoms with Crippen molar-refractivity contribution >= 4 is 0 Å². The second-order valence-electron chi connectivity index (χ2n) is 5.63. The Bertz CT molecular complexity index is 367. The van der Waals surface area contributed by atoms with Crippen molar-refractivity contribution in [1.29, 1.82) is 0 Å². The van der Waals surface area contributed by atoms with E-state index in [-0.39, 0.29) is 13.0 Å². The molecule has 8 unspecified atom stereocenters. The van der Waals surface area contributed by atoms with Gasteiger partial charge in [0.15, 0.2) is 12.6 Å². The summed E-state index contributed by atoms with van der Waals surface area (Å²) in [6.45, 7) is -0.946. The molecule has 0 aromatic heterocycles. The average molecular weight is 340 g/mol. The van der Waals surface area contributed by atoms with E-state index in [9.17, 15) is 30.6 Å². The van der Waals surface area contributed by atoms with Gasteiger partial charge >= 0.3 is 0 Å². The molecule has 2 saturated heterocycles.